The first-order valence-electron chi connectivity index (χ1n) is 7.26. The van der Waals surface area contributed by atoms with Crippen LogP contribution in [0.25, 0.3) is 16.7 Å². The molecular formula is C17H11ClN4O2. The van der Waals surface area contributed by atoms with Gasteiger partial charge >= 0.3 is 0 Å². The Morgan fingerprint density at radius 3 is 2.71 bits per heavy atom. The van der Waals surface area contributed by atoms with Crippen molar-refractivity contribution in [2.75, 3.05) is 0 Å². The fraction of sp³-hybridized carbons (Fsp3) is 0.0588. The van der Waals surface area contributed by atoms with Crippen LogP contribution in [0.5, 0.6) is 0 Å². The third kappa shape index (κ3) is 2.68. The van der Waals surface area contributed by atoms with Gasteiger partial charge in [-0.25, -0.2) is 0 Å². The SMILES string of the molecule is O=c1cc(Cc2nnnn2-c2ccc(Cl)cc2)oc2ccccc12. The van der Waals surface area contributed by atoms with E-state index in [4.69, 9.17) is 16.0 Å². The van der Waals surface area contributed by atoms with E-state index in [1.165, 1.54) is 6.07 Å². The van der Waals surface area contributed by atoms with Crippen LogP contribution >= 0.6 is 11.6 Å². The molecule has 6 nitrogen and oxygen atoms in total. The molecule has 24 heavy (non-hydrogen) atoms. The molecule has 0 atom stereocenters. The summed E-state index contributed by atoms with van der Waals surface area (Å²) in [7, 11) is 0. The fourth-order valence-electron chi connectivity index (χ4n) is 2.50. The van der Waals surface area contributed by atoms with Crippen molar-refractivity contribution in [2.24, 2.45) is 0 Å². The zero-order valence-corrected chi connectivity index (χ0v) is 13.1. The number of tetrazole rings is 1. The van der Waals surface area contributed by atoms with Crippen LogP contribution in [0.4, 0.5) is 0 Å². The standard InChI is InChI=1S/C17H11ClN4O2/c18-11-5-7-12(8-6-11)22-17(19-20-21-22)10-13-9-15(23)14-3-1-2-4-16(14)24-13/h1-9H,10H2. The number of halogens is 1. The molecule has 0 N–H and O–H groups in total. The molecule has 4 aromatic rings. The normalized spacial score (nSPS) is 11.0. The average Bonchev–Trinajstić information content (AvgIpc) is 3.04. The summed E-state index contributed by atoms with van der Waals surface area (Å²) < 4.78 is 7.38. The predicted molar refractivity (Wildman–Crippen MR) is 89.5 cm³/mol. The largest absolute Gasteiger partial charge is 0.460 e. The van der Waals surface area contributed by atoms with E-state index in [1.807, 2.05) is 18.2 Å². The molecule has 0 radical (unpaired) electrons. The minimum Gasteiger partial charge on any atom is -0.460 e. The van der Waals surface area contributed by atoms with Crippen molar-refractivity contribution in [2.45, 2.75) is 6.42 Å². The quantitative estimate of drug-likeness (QED) is 0.574. The molecule has 2 aromatic heterocycles. The van der Waals surface area contributed by atoms with E-state index in [0.29, 0.717) is 34.0 Å². The van der Waals surface area contributed by atoms with Crippen molar-refractivity contribution in [3.05, 3.63) is 81.4 Å². The lowest BCUT2D eigenvalue weighted by molar-refractivity contribution is 0.541. The van der Waals surface area contributed by atoms with Crippen molar-refractivity contribution in [1.82, 2.24) is 20.2 Å². The van der Waals surface area contributed by atoms with Gasteiger partial charge in [0.2, 0.25) is 0 Å². The highest BCUT2D eigenvalue weighted by atomic mass is 35.5. The van der Waals surface area contributed by atoms with E-state index in [9.17, 15) is 4.79 Å². The van der Waals surface area contributed by atoms with Crippen LogP contribution in [0, 0.1) is 0 Å². The molecule has 0 aliphatic carbocycles. The number of nitrogens with zero attached hydrogens (tertiary/aromatic N) is 4. The third-order valence-corrected chi connectivity index (χ3v) is 3.88. The van der Waals surface area contributed by atoms with Gasteiger partial charge in [-0.15, -0.1) is 5.10 Å². The molecule has 118 valence electrons. The first-order valence-corrected chi connectivity index (χ1v) is 7.63. The van der Waals surface area contributed by atoms with Gasteiger partial charge in [0, 0.05) is 11.1 Å². The second kappa shape index (κ2) is 5.90. The molecule has 0 bridgehead atoms. The first-order chi connectivity index (χ1) is 11.7. The van der Waals surface area contributed by atoms with Crippen molar-refractivity contribution in [1.29, 1.82) is 0 Å². The molecule has 2 heterocycles. The molecule has 0 saturated heterocycles. The number of para-hydroxylation sites is 1. The first kappa shape index (κ1) is 14.6. The second-order valence-electron chi connectivity index (χ2n) is 5.23. The van der Waals surface area contributed by atoms with Crippen LogP contribution in [-0.4, -0.2) is 20.2 Å². The van der Waals surface area contributed by atoms with Crippen LogP contribution in [0.1, 0.15) is 11.6 Å². The van der Waals surface area contributed by atoms with Crippen LogP contribution in [0.3, 0.4) is 0 Å². The monoisotopic (exact) mass is 338 g/mol. The molecule has 2 aromatic carbocycles. The molecule has 4 rings (SSSR count). The van der Waals surface area contributed by atoms with Crippen LogP contribution in [0.2, 0.25) is 5.02 Å². The van der Waals surface area contributed by atoms with Crippen molar-refractivity contribution >= 4 is 22.6 Å². The topological polar surface area (TPSA) is 73.8 Å². The molecule has 0 saturated carbocycles. The lowest BCUT2D eigenvalue weighted by Gasteiger charge is -2.05. The Kier molecular flexibility index (Phi) is 3.59. The number of aromatic nitrogens is 4. The van der Waals surface area contributed by atoms with Gasteiger partial charge in [-0.1, -0.05) is 23.7 Å². The highest BCUT2D eigenvalue weighted by molar-refractivity contribution is 6.30. The van der Waals surface area contributed by atoms with Gasteiger partial charge in [0.05, 0.1) is 17.5 Å². The highest BCUT2D eigenvalue weighted by Gasteiger charge is 2.12. The van der Waals surface area contributed by atoms with Crippen LogP contribution in [-0.2, 0) is 6.42 Å². The van der Waals surface area contributed by atoms with Gasteiger partial charge in [0.15, 0.2) is 11.3 Å². The predicted octanol–water partition coefficient (Wildman–Crippen LogP) is 3.01. The summed E-state index contributed by atoms with van der Waals surface area (Å²) in [5.74, 6) is 1.07. The number of rotatable bonds is 3. The van der Waals surface area contributed by atoms with Gasteiger partial charge in [-0.3, -0.25) is 4.79 Å². The number of benzene rings is 2. The van der Waals surface area contributed by atoms with E-state index in [0.717, 1.165) is 5.69 Å². The van der Waals surface area contributed by atoms with Gasteiger partial charge in [0.25, 0.3) is 0 Å². The van der Waals surface area contributed by atoms with E-state index < -0.39 is 0 Å². The van der Waals surface area contributed by atoms with E-state index in [-0.39, 0.29) is 5.43 Å². The van der Waals surface area contributed by atoms with Crippen molar-refractivity contribution in [3.8, 4) is 5.69 Å². The summed E-state index contributed by atoms with van der Waals surface area (Å²) in [6, 6.07) is 15.8. The van der Waals surface area contributed by atoms with Crippen LogP contribution < -0.4 is 5.43 Å². The van der Waals surface area contributed by atoms with Gasteiger partial charge in [0.1, 0.15) is 11.3 Å². The summed E-state index contributed by atoms with van der Waals surface area (Å²) in [5, 5.41) is 12.9. The average molecular weight is 339 g/mol. The Morgan fingerprint density at radius 2 is 1.88 bits per heavy atom. The van der Waals surface area contributed by atoms with E-state index >= 15 is 0 Å². The van der Waals surface area contributed by atoms with Gasteiger partial charge in [-0.05, 0) is 46.8 Å². The molecule has 0 amide bonds. The Labute approximate surface area is 141 Å². The zero-order chi connectivity index (χ0) is 16.5. The minimum atomic E-state index is -0.0858. The molecule has 0 spiro atoms. The Balaban J connectivity index is 1.73. The molecule has 0 aliphatic rings. The van der Waals surface area contributed by atoms with E-state index in [2.05, 4.69) is 15.5 Å². The molecule has 0 unspecified atom stereocenters. The lowest BCUT2D eigenvalue weighted by Crippen LogP contribution is -2.07. The molecular weight excluding hydrogens is 328 g/mol. The summed E-state index contributed by atoms with van der Waals surface area (Å²) in [5.41, 5.74) is 1.24. The zero-order valence-electron chi connectivity index (χ0n) is 12.4. The molecule has 0 aliphatic heterocycles. The molecule has 7 heteroatoms. The Morgan fingerprint density at radius 1 is 1.08 bits per heavy atom. The fourth-order valence-corrected chi connectivity index (χ4v) is 2.62. The number of fused-ring (bicyclic) bond motifs is 1. The van der Waals surface area contributed by atoms with Crippen molar-refractivity contribution < 1.29 is 4.42 Å². The highest BCUT2D eigenvalue weighted by Crippen LogP contribution is 2.17. The maximum atomic E-state index is 12.2. The summed E-state index contributed by atoms with van der Waals surface area (Å²) in [4.78, 5) is 12.2. The third-order valence-electron chi connectivity index (χ3n) is 3.62. The summed E-state index contributed by atoms with van der Waals surface area (Å²) in [6.45, 7) is 0. The van der Waals surface area contributed by atoms with Gasteiger partial charge in [-0.2, -0.15) is 4.68 Å². The molecule has 0 fully saturated rings. The summed E-state index contributed by atoms with van der Waals surface area (Å²) in [6.07, 6.45) is 0.301. The van der Waals surface area contributed by atoms with E-state index in [1.54, 1.807) is 35.0 Å². The smallest absolute Gasteiger partial charge is 0.192 e. The Bertz CT molecular complexity index is 1070. The van der Waals surface area contributed by atoms with Crippen molar-refractivity contribution in [3.63, 3.8) is 0 Å². The second-order valence-corrected chi connectivity index (χ2v) is 5.67. The maximum Gasteiger partial charge on any atom is 0.192 e. The number of hydrogen-bond acceptors (Lipinski definition) is 5. The lowest BCUT2D eigenvalue weighted by atomic mass is 10.2. The van der Waals surface area contributed by atoms with Crippen LogP contribution in [0.15, 0.2) is 63.8 Å². The minimum absolute atomic E-state index is 0.0858. The maximum absolute atomic E-state index is 12.2. The summed E-state index contributed by atoms with van der Waals surface area (Å²) >= 11 is 5.90. The Hall–Kier alpha value is -2.99. The van der Waals surface area contributed by atoms with Gasteiger partial charge < -0.3 is 4.42 Å². The number of hydrogen-bond donors (Lipinski definition) is 0.